The van der Waals surface area contributed by atoms with Crippen LogP contribution < -0.4 is 9.80 Å². The maximum absolute atomic E-state index is 16.1. The minimum absolute atomic E-state index is 0.0250. The highest BCUT2D eigenvalue weighted by molar-refractivity contribution is 7.99. The van der Waals surface area contributed by atoms with Crippen LogP contribution in [0.1, 0.15) is 76.6 Å². The lowest BCUT2D eigenvalue weighted by Gasteiger charge is -2.36. The van der Waals surface area contributed by atoms with Crippen molar-refractivity contribution in [2.45, 2.75) is 87.7 Å². The molecule has 4 aliphatic rings. The van der Waals surface area contributed by atoms with Crippen LogP contribution in [0.3, 0.4) is 0 Å². The number of para-hydroxylation sites is 2. The lowest BCUT2D eigenvalue weighted by atomic mass is 9.91. The molecular weight excluding hydrogens is 999 g/mol. The van der Waals surface area contributed by atoms with Gasteiger partial charge in [-0.3, -0.25) is 9.59 Å². The highest BCUT2D eigenvalue weighted by atomic mass is 32.2. The largest absolute Gasteiger partial charge is 0.444 e. The first-order chi connectivity index (χ1) is 35.4. The first-order valence-electron chi connectivity index (χ1n) is 25.1. The summed E-state index contributed by atoms with van der Waals surface area (Å²) in [6, 6.07) is 18.2. The van der Waals surface area contributed by atoms with Crippen LogP contribution in [0.2, 0.25) is 0 Å². The fourth-order valence-electron chi connectivity index (χ4n) is 9.35. The molecule has 0 aliphatic carbocycles. The van der Waals surface area contributed by atoms with Gasteiger partial charge in [-0.1, -0.05) is 60.3 Å². The summed E-state index contributed by atoms with van der Waals surface area (Å²) < 4.78 is 108. The number of ether oxygens (including phenoxy) is 2. The smallest absolute Gasteiger partial charge is 0.418 e. The Morgan fingerprint density at radius 2 is 0.800 bits per heavy atom. The third kappa shape index (κ3) is 12.9. The molecule has 4 aliphatic heterocycles. The standard InChI is InChI=1S/C56H62F6N6O6S/c1-53(2,3)73-51(71)67-33-29-65(30-34-67)45(69)23-19-37-17-21-43(49(55(57,58)59)47(37)39-13-7-9-15-41(39)63-25-11-26-63)75-44-22-18-38(20-24-46(70)66-31-35-68(36-32-66)52(72)74-54(4,5)6)48(50(44)56(60,61)62)40-14-8-10-16-42(40)64-27-12-28-64/h7-10,13-24H,11-12,25-36H2,1-6H3/b23-19+,24-20+. The molecule has 4 saturated heterocycles. The van der Waals surface area contributed by atoms with Crippen molar-refractivity contribution in [3.8, 4) is 22.3 Å². The summed E-state index contributed by atoms with van der Waals surface area (Å²) in [6.07, 6.45) is -4.65. The minimum Gasteiger partial charge on any atom is -0.444 e. The molecule has 12 nitrogen and oxygen atoms in total. The number of halogens is 6. The molecule has 0 aromatic heterocycles. The lowest BCUT2D eigenvalue weighted by molar-refractivity contribution is -0.139. The summed E-state index contributed by atoms with van der Waals surface area (Å²) in [5.74, 6) is -0.990. The van der Waals surface area contributed by atoms with E-state index < -0.39 is 68.5 Å². The Morgan fingerprint density at radius 3 is 1.11 bits per heavy atom. The van der Waals surface area contributed by atoms with Gasteiger partial charge in [0.2, 0.25) is 11.8 Å². The van der Waals surface area contributed by atoms with Crippen LogP contribution >= 0.6 is 11.8 Å². The lowest BCUT2D eigenvalue weighted by Crippen LogP contribution is -2.51. The third-order valence-electron chi connectivity index (χ3n) is 13.2. The van der Waals surface area contributed by atoms with Crippen LogP contribution in [0.4, 0.5) is 47.3 Å². The number of carbonyl (C=O) groups is 4. The quantitative estimate of drug-likeness (QED) is 0.113. The first-order valence-corrected chi connectivity index (χ1v) is 25.9. The molecule has 0 spiro atoms. The maximum atomic E-state index is 16.1. The van der Waals surface area contributed by atoms with Crippen LogP contribution in [0.15, 0.2) is 94.7 Å². The van der Waals surface area contributed by atoms with E-state index in [1.807, 2.05) is 9.80 Å². The Hall–Kier alpha value is -6.63. The Bertz CT molecular complexity index is 2660. The number of benzene rings is 4. The molecule has 0 radical (unpaired) electrons. The fourth-order valence-corrected chi connectivity index (χ4v) is 10.5. The zero-order valence-corrected chi connectivity index (χ0v) is 43.8. The zero-order valence-electron chi connectivity index (χ0n) is 42.9. The van der Waals surface area contributed by atoms with Gasteiger partial charge in [0.1, 0.15) is 11.2 Å². The van der Waals surface area contributed by atoms with E-state index in [9.17, 15) is 19.2 Å². The van der Waals surface area contributed by atoms with Crippen molar-refractivity contribution < 1.29 is 55.0 Å². The van der Waals surface area contributed by atoms with Crippen LogP contribution in [-0.4, -0.2) is 133 Å². The number of hydrogen-bond acceptors (Lipinski definition) is 9. The average molecular weight is 1060 g/mol. The Balaban J connectivity index is 1.19. The van der Waals surface area contributed by atoms with E-state index >= 15 is 26.3 Å². The normalized spacial score (nSPS) is 16.9. The topological polar surface area (TPSA) is 106 Å². The number of nitrogens with zero attached hydrogens (tertiary/aromatic N) is 6. The van der Waals surface area contributed by atoms with Gasteiger partial charge in [0.25, 0.3) is 0 Å². The van der Waals surface area contributed by atoms with Crippen molar-refractivity contribution >= 4 is 59.3 Å². The molecule has 0 N–H and O–H groups in total. The van der Waals surface area contributed by atoms with Gasteiger partial charge in [-0.15, -0.1) is 0 Å². The third-order valence-corrected chi connectivity index (χ3v) is 14.3. The number of amides is 4. The predicted molar refractivity (Wildman–Crippen MR) is 278 cm³/mol. The molecule has 4 aromatic rings. The number of hydrogen-bond donors (Lipinski definition) is 0. The van der Waals surface area contributed by atoms with E-state index in [1.165, 1.54) is 56.0 Å². The summed E-state index contributed by atoms with van der Waals surface area (Å²) in [6.45, 7) is 14.2. The number of rotatable bonds is 10. The summed E-state index contributed by atoms with van der Waals surface area (Å²) in [7, 11) is 0. The van der Waals surface area contributed by atoms with Crippen molar-refractivity contribution in [3.63, 3.8) is 0 Å². The van der Waals surface area contributed by atoms with Crippen LogP contribution in [0, 0.1) is 0 Å². The molecule has 0 atom stereocenters. The molecule has 4 aromatic carbocycles. The van der Waals surface area contributed by atoms with E-state index in [1.54, 1.807) is 90.1 Å². The van der Waals surface area contributed by atoms with E-state index in [-0.39, 0.29) is 85.7 Å². The molecule has 0 unspecified atom stereocenters. The molecule has 8 rings (SSSR count). The van der Waals surface area contributed by atoms with Crippen molar-refractivity contribution in [3.05, 3.63) is 107 Å². The van der Waals surface area contributed by atoms with Gasteiger partial charge in [-0.25, -0.2) is 9.59 Å². The summed E-state index contributed by atoms with van der Waals surface area (Å²) in [5.41, 5.74) is -2.91. The van der Waals surface area contributed by atoms with Crippen LogP contribution in [0.5, 0.6) is 0 Å². The average Bonchev–Trinajstić information content (AvgIpc) is 3.30. The van der Waals surface area contributed by atoms with Gasteiger partial charge in [-0.2, -0.15) is 26.3 Å². The molecular formula is C56H62F6N6O6S. The second kappa shape index (κ2) is 21.9. The van der Waals surface area contributed by atoms with Gasteiger partial charge in [0, 0.05) is 134 Å². The van der Waals surface area contributed by atoms with E-state index in [2.05, 4.69) is 0 Å². The minimum atomic E-state index is -5.11. The molecule has 75 heavy (non-hydrogen) atoms. The second-order valence-corrected chi connectivity index (χ2v) is 22.0. The highest BCUT2D eigenvalue weighted by Gasteiger charge is 2.42. The molecule has 19 heteroatoms. The van der Waals surface area contributed by atoms with E-state index in [4.69, 9.17) is 9.47 Å². The number of piperazine rings is 2. The van der Waals surface area contributed by atoms with E-state index in [0.29, 0.717) is 49.3 Å². The number of anilines is 2. The van der Waals surface area contributed by atoms with Gasteiger partial charge < -0.3 is 38.9 Å². The molecule has 400 valence electrons. The second-order valence-electron chi connectivity index (χ2n) is 20.9. The molecule has 4 amide bonds. The molecule has 4 fully saturated rings. The van der Waals surface area contributed by atoms with Crippen LogP contribution in [0.25, 0.3) is 34.4 Å². The monoisotopic (exact) mass is 1060 g/mol. The van der Waals surface area contributed by atoms with Crippen molar-refractivity contribution in [2.24, 2.45) is 0 Å². The van der Waals surface area contributed by atoms with E-state index in [0.717, 1.165) is 25.0 Å². The summed E-state index contributed by atoms with van der Waals surface area (Å²) in [4.78, 5) is 61.6. The number of carbonyl (C=O) groups excluding carboxylic acids is 4. The Labute approximate surface area is 437 Å². The van der Waals surface area contributed by atoms with Crippen LogP contribution in [-0.2, 0) is 31.4 Å². The van der Waals surface area contributed by atoms with Crippen molar-refractivity contribution in [1.29, 1.82) is 0 Å². The van der Waals surface area contributed by atoms with Gasteiger partial charge in [-0.05, 0) is 102 Å². The number of alkyl halides is 6. The maximum Gasteiger partial charge on any atom is 0.418 e. The fraction of sp³-hybridized carbons (Fsp3) is 0.429. The molecule has 0 saturated carbocycles. The Kier molecular flexibility index (Phi) is 16.0. The summed E-state index contributed by atoms with van der Waals surface area (Å²) >= 11 is 0.353. The van der Waals surface area contributed by atoms with Gasteiger partial charge in [0.15, 0.2) is 0 Å². The Morgan fingerprint density at radius 1 is 0.467 bits per heavy atom. The van der Waals surface area contributed by atoms with Gasteiger partial charge >= 0.3 is 24.5 Å². The van der Waals surface area contributed by atoms with Crippen molar-refractivity contribution in [2.75, 3.05) is 88.3 Å². The molecule has 4 heterocycles. The first kappa shape index (κ1) is 54.6. The predicted octanol–water partition coefficient (Wildman–Crippen LogP) is 11.8. The summed E-state index contributed by atoms with van der Waals surface area (Å²) in [5, 5.41) is 0. The SMILES string of the molecule is CC(C)(C)OC(=O)N1CCN(C(=O)/C=C/c2ccc(Sc3ccc(/C=C/C(=O)N4CCN(C(=O)OC(C)(C)C)CC4)c(-c4ccccc4N4CCC4)c3C(F)(F)F)c(C(F)(F)F)c2-c2ccccc2N2CCC2)CC1. The highest BCUT2D eigenvalue weighted by Crippen LogP contribution is 2.53. The zero-order chi connectivity index (χ0) is 54.0. The molecule has 0 bridgehead atoms. The van der Waals surface area contributed by atoms with Crippen molar-refractivity contribution in [1.82, 2.24) is 19.6 Å². The van der Waals surface area contributed by atoms with Gasteiger partial charge in [0.05, 0.1) is 11.1 Å².